The van der Waals surface area contributed by atoms with Crippen LogP contribution in [0.15, 0.2) is 54.6 Å². The van der Waals surface area contributed by atoms with E-state index in [0.29, 0.717) is 17.2 Å². The molecule has 5 nitrogen and oxygen atoms in total. The molecular weight excluding hydrogens is 326 g/mol. The lowest BCUT2D eigenvalue weighted by molar-refractivity contribution is -0.120. The van der Waals surface area contributed by atoms with Gasteiger partial charge >= 0.3 is 0 Å². The van der Waals surface area contributed by atoms with Gasteiger partial charge in [0.15, 0.2) is 0 Å². The Balaban J connectivity index is 1.61. The second-order valence-electron chi connectivity index (χ2n) is 6.72. The van der Waals surface area contributed by atoms with E-state index in [-0.39, 0.29) is 17.9 Å². The highest BCUT2D eigenvalue weighted by Crippen LogP contribution is 2.28. The van der Waals surface area contributed by atoms with Gasteiger partial charge in [-0.1, -0.05) is 36.4 Å². The largest absolute Gasteiger partial charge is 0.355 e. The van der Waals surface area contributed by atoms with Crippen molar-refractivity contribution in [3.63, 3.8) is 0 Å². The molecule has 2 aromatic rings. The topological polar surface area (TPSA) is 61.4 Å². The fourth-order valence-electron chi connectivity index (χ4n) is 3.43. The van der Waals surface area contributed by atoms with Crippen LogP contribution in [0.1, 0.15) is 35.2 Å². The minimum Gasteiger partial charge on any atom is -0.355 e. The summed E-state index contributed by atoms with van der Waals surface area (Å²) in [6.07, 6.45) is 1.06. The fraction of sp³-hybridized carbons (Fsp3) is 0.333. The molecule has 2 N–H and O–H groups in total. The summed E-state index contributed by atoms with van der Waals surface area (Å²) in [7, 11) is 1.59. The van der Waals surface area contributed by atoms with Gasteiger partial charge in [-0.2, -0.15) is 0 Å². The number of amides is 2. The third kappa shape index (κ3) is 4.11. The number of nitrogens with zero attached hydrogens (tertiary/aromatic N) is 1. The molecule has 0 saturated carbocycles. The number of carbonyl (C=O) groups is 2. The quantitative estimate of drug-likeness (QED) is 0.871. The van der Waals surface area contributed by atoms with Crippen molar-refractivity contribution >= 4 is 17.5 Å². The maximum absolute atomic E-state index is 12.6. The summed E-state index contributed by atoms with van der Waals surface area (Å²) in [6, 6.07) is 17.2. The molecule has 2 aromatic carbocycles. The number of hydrogen-bond acceptors (Lipinski definition) is 3. The first-order valence-corrected chi connectivity index (χ1v) is 9.00. The molecule has 0 bridgehead atoms. The van der Waals surface area contributed by atoms with Crippen LogP contribution in [-0.2, 0) is 4.79 Å². The monoisotopic (exact) mass is 351 g/mol. The van der Waals surface area contributed by atoms with E-state index in [9.17, 15) is 9.59 Å². The Bertz CT molecular complexity index is 776. The summed E-state index contributed by atoms with van der Waals surface area (Å²) in [5, 5.41) is 5.52. The van der Waals surface area contributed by atoms with E-state index >= 15 is 0 Å². The number of rotatable bonds is 5. The molecule has 1 aliphatic rings. The van der Waals surface area contributed by atoms with Gasteiger partial charge in [-0.3, -0.25) is 14.5 Å². The Morgan fingerprint density at radius 2 is 1.88 bits per heavy atom. The van der Waals surface area contributed by atoms with Crippen LogP contribution in [0.3, 0.4) is 0 Å². The third-order valence-corrected chi connectivity index (χ3v) is 5.04. The van der Waals surface area contributed by atoms with Crippen LogP contribution in [-0.4, -0.2) is 42.9 Å². The first kappa shape index (κ1) is 18.1. The summed E-state index contributed by atoms with van der Waals surface area (Å²) in [5.74, 6) is 0.259. The van der Waals surface area contributed by atoms with E-state index in [0.717, 1.165) is 19.5 Å². The van der Waals surface area contributed by atoms with Crippen molar-refractivity contribution in [3.05, 3.63) is 65.7 Å². The molecule has 2 atom stereocenters. The van der Waals surface area contributed by atoms with Crippen LogP contribution in [0.4, 0.5) is 5.69 Å². The van der Waals surface area contributed by atoms with Gasteiger partial charge in [0.05, 0.1) is 6.04 Å². The zero-order valence-electron chi connectivity index (χ0n) is 15.2. The van der Waals surface area contributed by atoms with E-state index in [1.807, 2.05) is 13.0 Å². The molecule has 0 aromatic heterocycles. The van der Waals surface area contributed by atoms with Gasteiger partial charge in [0.2, 0.25) is 5.91 Å². The highest BCUT2D eigenvalue weighted by molar-refractivity contribution is 5.98. The van der Waals surface area contributed by atoms with Gasteiger partial charge in [0, 0.05) is 24.8 Å². The molecule has 1 fully saturated rings. The first-order valence-electron chi connectivity index (χ1n) is 9.00. The molecule has 1 saturated heterocycles. The van der Waals surface area contributed by atoms with Crippen molar-refractivity contribution in [3.8, 4) is 0 Å². The van der Waals surface area contributed by atoms with E-state index in [4.69, 9.17) is 0 Å². The Hall–Kier alpha value is -2.66. The molecule has 5 heteroatoms. The highest BCUT2D eigenvalue weighted by atomic mass is 16.2. The zero-order chi connectivity index (χ0) is 18.5. The lowest BCUT2D eigenvalue weighted by atomic mass is 9.99. The molecule has 0 aliphatic carbocycles. The van der Waals surface area contributed by atoms with Crippen molar-refractivity contribution < 1.29 is 9.59 Å². The average Bonchev–Trinajstić information content (AvgIpc) is 3.17. The number of carbonyl (C=O) groups excluding carboxylic acids is 2. The van der Waals surface area contributed by atoms with Crippen molar-refractivity contribution in [2.45, 2.75) is 25.3 Å². The molecule has 2 amide bonds. The molecule has 1 heterocycles. The summed E-state index contributed by atoms with van der Waals surface area (Å²) in [5.41, 5.74) is 2.51. The maximum atomic E-state index is 12.6. The molecule has 26 heavy (non-hydrogen) atoms. The number of hydrogen-bond donors (Lipinski definition) is 2. The summed E-state index contributed by atoms with van der Waals surface area (Å²) >= 11 is 0. The van der Waals surface area contributed by atoms with Gasteiger partial charge in [0.25, 0.3) is 5.91 Å². The number of benzene rings is 2. The van der Waals surface area contributed by atoms with Gasteiger partial charge in [-0.25, -0.2) is 0 Å². The zero-order valence-corrected chi connectivity index (χ0v) is 15.2. The van der Waals surface area contributed by atoms with Crippen LogP contribution in [0.5, 0.6) is 0 Å². The van der Waals surface area contributed by atoms with E-state index in [1.165, 1.54) is 5.56 Å². The van der Waals surface area contributed by atoms with Gasteiger partial charge in [-0.15, -0.1) is 0 Å². The van der Waals surface area contributed by atoms with Crippen molar-refractivity contribution in [1.29, 1.82) is 0 Å². The lowest BCUT2D eigenvalue weighted by Gasteiger charge is -2.23. The SMILES string of the molecule is CNC(=O)c1cccc(NC(=O)[C@@H](C)N2CC[C@H](c3ccccc3)C2)c1. The predicted octanol–water partition coefficient (Wildman–Crippen LogP) is 2.86. The van der Waals surface area contributed by atoms with Gasteiger partial charge < -0.3 is 10.6 Å². The molecule has 1 aliphatic heterocycles. The average molecular weight is 351 g/mol. The van der Waals surface area contributed by atoms with Crippen LogP contribution >= 0.6 is 0 Å². The van der Waals surface area contributed by atoms with Crippen LogP contribution < -0.4 is 10.6 Å². The van der Waals surface area contributed by atoms with E-state index in [2.05, 4.69) is 39.8 Å². The van der Waals surface area contributed by atoms with Crippen LogP contribution in [0.25, 0.3) is 0 Å². The first-order chi connectivity index (χ1) is 12.6. The molecule has 3 rings (SSSR count). The molecule has 0 unspecified atom stereocenters. The van der Waals surface area contributed by atoms with E-state index < -0.39 is 0 Å². The highest BCUT2D eigenvalue weighted by Gasteiger charge is 2.30. The normalized spacial score (nSPS) is 18.3. The van der Waals surface area contributed by atoms with Gasteiger partial charge in [0.1, 0.15) is 0 Å². The summed E-state index contributed by atoms with van der Waals surface area (Å²) < 4.78 is 0. The van der Waals surface area contributed by atoms with E-state index in [1.54, 1.807) is 31.3 Å². The van der Waals surface area contributed by atoms with Crippen molar-refractivity contribution in [2.75, 3.05) is 25.5 Å². The second kappa shape index (κ2) is 8.15. The number of nitrogens with one attached hydrogen (secondary N) is 2. The summed E-state index contributed by atoms with van der Waals surface area (Å²) in [4.78, 5) is 26.6. The summed E-state index contributed by atoms with van der Waals surface area (Å²) in [6.45, 7) is 3.73. The third-order valence-electron chi connectivity index (χ3n) is 5.04. The van der Waals surface area contributed by atoms with Gasteiger partial charge in [-0.05, 0) is 49.6 Å². The second-order valence-corrected chi connectivity index (χ2v) is 6.72. The minimum absolute atomic E-state index is 0.0484. The van der Waals surface area contributed by atoms with Crippen LogP contribution in [0.2, 0.25) is 0 Å². The lowest BCUT2D eigenvalue weighted by Crippen LogP contribution is -2.40. The Morgan fingerprint density at radius 1 is 1.12 bits per heavy atom. The fourth-order valence-corrected chi connectivity index (χ4v) is 3.43. The van der Waals surface area contributed by atoms with Crippen molar-refractivity contribution in [2.24, 2.45) is 0 Å². The Kier molecular flexibility index (Phi) is 5.68. The van der Waals surface area contributed by atoms with Crippen LogP contribution in [0, 0.1) is 0 Å². The smallest absolute Gasteiger partial charge is 0.251 e. The molecular formula is C21H25N3O2. The Labute approximate surface area is 154 Å². The predicted molar refractivity (Wildman–Crippen MR) is 103 cm³/mol. The minimum atomic E-state index is -0.215. The molecule has 0 spiro atoms. The maximum Gasteiger partial charge on any atom is 0.251 e. The molecule has 136 valence electrons. The van der Waals surface area contributed by atoms with Crippen molar-refractivity contribution in [1.82, 2.24) is 10.2 Å². The number of likely N-dealkylation sites (tertiary alicyclic amines) is 1. The number of anilines is 1. The standard InChI is InChI=1S/C21H25N3O2/c1-15(24-12-11-18(14-24)16-7-4-3-5-8-16)20(25)23-19-10-6-9-17(13-19)21(26)22-2/h3-10,13,15,18H,11-12,14H2,1-2H3,(H,22,26)(H,23,25)/t15-,18+/m1/s1. The Morgan fingerprint density at radius 3 is 2.62 bits per heavy atom. The molecule has 0 radical (unpaired) electrons.